The first-order chi connectivity index (χ1) is 13.5. The Bertz CT molecular complexity index is 812. The summed E-state index contributed by atoms with van der Waals surface area (Å²) in [6.07, 6.45) is -0.878. The van der Waals surface area contributed by atoms with E-state index in [1.807, 2.05) is 36.4 Å². The van der Waals surface area contributed by atoms with Gasteiger partial charge in [-0.1, -0.05) is 30.3 Å². The van der Waals surface area contributed by atoms with Crippen molar-refractivity contribution in [1.29, 1.82) is 5.26 Å². The van der Waals surface area contributed by atoms with Crippen LogP contribution in [0.3, 0.4) is 0 Å². The van der Waals surface area contributed by atoms with Crippen LogP contribution < -0.4 is 5.32 Å². The number of benzene rings is 1. The number of amides is 2. The molecule has 1 fully saturated rings. The molecule has 0 spiro atoms. The van der Waals surface area contributed by atoms with Gasteiger partial charge in [0, 0.05) is 6.54 Å². The molecule has 1 aliphatic heterocycles. The smallest absolute Gasteiger partial charge is 0.412 e. The normalized spacial score (nSPS) is 23.8. The summed E-state index contributed by atoms with van der Waals surface area (Å²) in [5, 5.41) is 12.6. The van der Waals surface area contributed by atoms with Gasteiger partial charge in [0.15, 0.2) is 0 Å². The van der Waals surface area contributed by atoms with Gasteiger partial charge in [-0.05, 0) is 39.7 Å². The fraction of sp³-hybridized carbons (Fsp3) is 0.524. The highest BCUT2D eigenvalue weighted by Gasteiger charge is 2.59. The van der Waals surface area contributed by atoms with E-state index in [9.17, 15) is 19.6 Å². The van der Waals surface area contributed by atoms with Crippen LogP contribution in [0.25, 0.3) is 0 Å². The predicted molar refractivity (Wildman–Crippen MR) is 104 cm³/mol. The number of methoxy groups -OCH3 is 1. The Kier molecular flexibility index (Phi) is 6.52. The molecule has 8 heteroatoms. The van der Waals surface area contributed by atoms with E-state index in [1.165, 1.54) is 7.11 Å². The van der Waals surface area contributed by atoms with Gasteiger partial charge in [0.05, 0.1) is 18.6 Å². The minimum Gasteiger partial charge on any atom is -0.467 e. The summed E-state index contributed by atoms with van der Waals surface area (Å²) < 4.78 is 10.2. The quantitative estimate of drug-likeness (QED) is 0.776. The van der Waals surface area contributed by atoms with E-state index in [4.69, 9.17) is 9.47 Å². The van der Waals surface area contributed by atoms with Crippen molar-refractivity contribution >= 4 is 18.0 Å². The molecule has 0 bridgehead atoms. The standard InChI is InChI=1S/C21H27N3O5/c1-20(2,3)29-19(27)24-15(17(25)28-5)11-21(4,16(24)12-22)18(26)23-13-14-9-7-6-8-10-14/h6-10,15-16H,11,13H2,1-5H3,(H,23,26)/t15-,16?,21+/m0/s1. The SMILES string of the molecule is COC(=O)[C@@H]1C[C@@](C)(C(=O)NCc2ccccc2)C(C#N)N1C(=O)OC(C)(C)C. The number of carbonyl (C=O) groups excluding carboxylic acids is 3. The number of esters is 1. The van der Waals surface area contributed by atoms with Crippen molar-refractivity contribution in [2.75, 3.05) is 7.11 Å². The number of nitrogens with one attached hydrogen (secondary N) is 1. The zero-order chi connectivity index (χ0) is 21.8. The first-order valence-electron chi connectivity index (χ1n) is 9.34. The Labute approximate surface area is 170 Å². The van der Waals surface area contributed by atoms with E-state index in [-0.39, 0.29) is 13.0 Å². The lowest BCUT2D eigenvalue weighted by molar-refractivity contribution is -0.146. The van der Waals surface area contributed by atoms with Crippen molar-refractivity contribution < 1.29 is 23.9 Å². The summed E-state index contributed by atoms with van der Waals surface area (Å²) in [6.45, 7) is 6.88. The van der Waals surface area contributed by atoms with E-state index in [0.29, 0.717) is 0 Å². The summed E-state index contributed by atoms with van der Waals surface area (Å²) in [5.41, 5.74) is -1.24. The van der Waals surface area contributed by atoms with Gasteiger partial charge in [-0.2, -0.15) is 5.26 Å². The summed E-state index contributed by atoms with van der Waals surface area (Å²) >= 11 is 0. The fourth-order valence-corrected chi connectivity index (χ4v) is 3.38. The van der Waals surface area contributed by atoms with Crippen LogP contribution in [0.5, 0.6) is 0 Å². The number of nitriles is 1. The molecule has 1 saturated heterocycles. The van der Waals surface area contributed by atoms with E-state index < -0.39 is 41.1 Å². The molecular formula is C21H27N3O5. The highest BCUT2D eigenvalue weighted by Crippen LogP contribution is 2.42. The minimum atomic E-state index is -1.31. The lowest BCUT2D eigenvalue weighted by Crippen LogP contribution is -2.51. The molecule has 0 saturated carbocycles. The second kappa shape index (κ2) is 8.52. The highest BCUT2D eigenvalue weighted by atomic mass is 16.6. The number of carbonyl (C=O) groups is 3. The van der Waals surface area contributed by atoms with Crippen LogP contribution in [0.2, 0.25) is 0 Å². The lowest BCUT2D eigenvalue weighted by Gasteiger charge is -2.31. The maximum atomic E-state index is 13.0. The molecule has 2 rings (SSSR count). The summed E-state index contributed by atoms with van der Waals surface area (Å²) in [7, 11) is 1.20. The number of nitrogens with zero attached hydrogens (tertiary/aromatic N) is 2. The molecule has 2 amide bonds. The minimum absolute atomic E-state index is 0.0439. The second-order valence-electron chi connectivity index (χ2n) is 8.25. The monoisotopic (exact) mass is 401 g/mol. The molecule has 0 aliphatic carbocycles. The Balaban J connectivity index is 2.30. The molecule has 1 heterocycles. The van der Waals surface area contributed by atoms with Gasteiger partial charge in [-0.3, -0.25) is 9.69 Å². The van der Waals surface area contributed by atoms with Crippen molar-refractivity contribution in [3.8, 4) is 6.07 Å². The maximum Gasteiger partial charge on any atom is 0.412 e. The molecule has 1 unspecified atom stereocenters. The summed E-state index contributed by atoms with van der Waals surface area (Å²) in [6, 6.07) is 9.05. The Morgan fingerprint density at radius 1 is 1.28 bits per heavy atom. The molecule has 29 heavy (non-hydrogen) atoms. The molecule has 1 N–H and O–H groups in total. The average molecular weight is 401 g/mol. The molecule has 1 aromatic carbocycles. The molecule has 0 aromatic heterocycles. The molecule has 156 valence electrons. The van der Waals surface area contributed by atoms with E-state index >= 15 is 0 Å². The van der Waals surface area contributed by atoms with Gasteiger partial charge in [0.2, 0.25) is 5.91 Å². The van der Waals surface area contributed by atoms with Crippen molar-refractivity contribution in [1.82, 2.24) is 10.2 Å². The van der Waals surface area contributed by atoms with Crippen molar-refractivity contribution in [3.05, 3.63) is 35.9 Å². The third kappa shape index (κ3) is 4.86. The van der Waals surface area contributed by atoms with Crippen molar-refractivity contribution in [3.63, 3.8) is 0 Å². The first-order valence-corrected chi connectivity index (χ1v) is 9.34. The summed E-state index contributed by atoms with van der Waals surface area (Å²) in [5.74, 6) is -1.12. The van der Waals surface area contributed by atoms with Gasteiger partial charge < -0.3 is 14.8 Å². The Hall–Kier alpha value is -3.08. The number of ether oxygens (including phenoxy) is 2. The van der Waals surface area contributed by atoms with Crippen molar-refractivity contribution in [2.45, 2.75) is 58.3 Å². The highest BCUT2D eigenvalue weighted by molar-refractivity contribution is 5.90. The molecule has 8 nitrogen and oxygen atoms in total. The fourth-order valence-electron chi connectivity index (χ4n) is 3.38. The molecule has 1 aliphatic rings. The van der Waals surface area contributed by atoms with Gasteiger partial charge in [-0.15, -0.1) is 0 Å². The number of hydrogen-bond acceptors (Lipinski definition) is 6. The molecule has 0 radical (unpaired) electrons. The zero-order valence-electron chi connectivity index (χ0n) is 17.4. The zero-order valence-corrected chi connectivity index (χ0v) is 17.4. The van der Waals surface area contributed by atoms with Crippen LogP contribution in [0.1, 0.15) is 39.7 Å². The van der Waals surface area contributed by atoms with Gasteiger partial charge in [0.1, 0.15) is 17.7 Å². The third-order valence-corrected chi connectivity index (χ3v) is 4.85. The maximum absolute atomic E-state index is 13.0. The molecule has 3 atom stereocenters. The summed E-state index contributed by atoms with van der Waals surface area (Å²) in [4.78, 5) is 39.2. The van der Waals surface area contributed by atoms with Gasteiger partial charge in [-0.25, -0.2) is 9.59 Å². The van der Waals surface area contributed by atoms with Crippen LogP contribution in [0.15, 0.2) is 30.3 Å². The van der Waals surface area contributed by atoms with Crippen LogP contribution in [0.4, 0.5) is 4.79 Å². The number of likely N-dealkylation sites (tertiary alicyclic amines) is 1. The predicted octanol–water partition coefficient (Wildman–Crippen LogP) is 2.38. The average Bonchev–Trinajstić information content (AvgIpc) is 2.98. The molecular weight excluding hydrogens is 374 g/mol. The van der Waals surface area contributed by atoms with E-state index in [0.717, 1.165) is 10.5 Å². The van der Waals surface area contributed by atoms with Gasteiger partial charge >= 0.3 is 12.1 Å². The Morgan fingerprint density at radius 3 is 2.41 bits per heavy atom. The topological polar surface area (TPSA) is 109 Å². The lowest BCUT2D eigenvalue weighted by atomic mass is 9.80. The number of rotatable bonds is 4. The largest absolute Gasteiger partial charge is 0.467 e. The van der Waals surface area contributed by atoms with Gasteiger partial charge in [0.25, 0.3) is 0 Å². The van der Waals surface area contributed by atoms with E-state index in [1.54, 1.807) is 27.7 Å². The molecule has 1 aromatic rings. The van der Waals surface area contributed by atoms with E-state index in [2.05, 4.69) is 5.32 Å². The Morgan fingerprint density at radius 2 is 1.90 bits per heavy atom. The van der Waals surface area contributed by atoms with Crippen LogP contribution >= 0.6 is 0 Å². The first kappa shape index (κ1) is 22.2. The van der Waals surface area contributed by atoms with Crippen LogP contribution in [0, 0.1) is 16.7 Å². The second-order valence-corrected chi connectivity index (χ2v) is 8.25. The van der Waals surface area contributed by atoms with Crippen LogP contribution in [-0.2, 0) is 25.6 Å². The van der Waals surface area contributed by atoms with Crippen molar-refractivity contribution in [2.24, 2.45) is 5.41 Å². The van der Waals surface area contributed by atoms with Crippen LogP contribution in [-0.4, -0.2) is 47.7 Å². The third-order valence-electron chi connectivity index (χ3n) is 4.85. The number of hydrogen-bond donors (Lipinski definition) is 1.